The van der Waals surface area contributed by atoms with E-state index in [1.807, 2.05) is 66.7 Å². The molecule has 1 atom stereocenters. The zero-order chi connectivity index (χ0) is 22.8. The highest BCUT2D eigenvalue weighted by Gasteiger charge is 2.32. The second-order valence-corrected chi connectivity index (χ2v) is 7.53. The van der Waals surface area contributed by atoms with Gasteiger partial charge in [0.25, 0.3) is 0 Å². The van der Waals surface area contributed by atoms with Crippen LogP contribution in [0, 0.1) is 0 Å². The molecule has 0 saturated carbocycles. The van der Waals surface area contributed by atoms with Gasteiger partial charge in [0.1, 0.15) is 11.3 Å². The SMILES string of the molecule is CC(=O)N1N=C(COc2ccc3c(-c4ccccc4)cc(=O)oc3c2)OC1c1ccccc1. The van der Waals surface area contributed by atoms with E-state index in [4.69, 9.17) is 13.9 Å². The number of hydrazone groups is 1. The van der Waals surface area contributed by atoms with Crippen LogP contribution in [-0.2, 0) is 9.53 Å². The minimum atomic E-state index is -0.634. The van der Waals surface area contributed by atoms with E-state index in [9.17, 15) is 9.59 Å². The Morgan fingerprint density at radius 2 is 1.73 bits per heavy atom. The fraction of sp³-hybridized carbons (Fsp3) is 0.115. The van der Waals surface area contributed by atoms with E-state index in [2.05, 4.69) is 5.10 Å². The zero-order valence-corrected chi connectivity index (χ0v) is 17.8. The van der Waals surface area contributed by atoms with Gasteiger partial charge in [-0.15, -0.1) is 5.10 Å². The molecule has 0 aliphatic carbocycles. The van der Waals surface area contributed by atoms with Crippen LogP contribution in [0.15, 0.2) is 99.2 Å². The number of benzene rings is 3. The standard InChI is InChI=1S/C26H20N2O5/c1-17(29)28-26(19-10-6-3-7-11-19)33-24(27-28)16-31-20-12-13-21-22(18-8-4-2-5-9-18)15-25(30)32-23(21)14-20/h2-15,26H,16H2,1H3. The normalized spacial score (nSPS) is 15.2. The fourth-order valence-corrected chi connectivity index (χ4v) is 3.73. The first-order chi connectivity index (χ1) is 16.1. The maximum atomic E-state index is 12.1. The first-order valence-corrected chi connectivity index (χ1v) is 10.4. The lowest BCUT2D eigenvalue weighted by Crippen LogP contribution is -2.25. The predicted octanol–water partition coefficient (Wildman–Crippen LogP) is 4.73. The molecule has 0 fully saturated rings. The number of carbonyl (C=O) groups excluding carboxylic acids is 1. The number of hydrogen-bond donors (Lipinski definition) is 0. The molecule has 4 aromatic rings. The number of rotatable bonds is 5. The van der Waals surface area contributed by atoms with Crippen LogP contribution < -0.4 is 10.4 Å². The number of ether oxygens (including phenoxy) is 2. The summed E-state index contributed by atoms with van der Waals surface area (Å²) >= 11 is 0. The molecule has 7 heteroatoms. The molecule has 2 heterocycles. The Bertz CT molecular complexity index is 1400. The maximum absolute atomic E-state index is 12.1. The van der Waals surface area contributed by atoms with Crippen LogP contribution in [0.4, 0.5) is 0 Å². The van der Waals surface area contributed by atoms with Gasteiger partial charge in [0.2, 0.25) is 18.0 Å². The predicted molar refractivity (Wildman–Crippen MR) is 124 cm³/mol. The van der Waals surface area contributed by atoms with Crippen molar-refractivity contribution in [2.45, 2.75) is 13.2 Å². The van der Waals surface area contributed by atoms with Crippen LogP contribution in [0.25, 0.3) is 22.1 Å². The smallest absolute Gasteiger partial charge is 0.336 e. The number of carbonyl (C=O) groups is 1. The van der Waals surface area contributed by atoms with Crippen LogP contribution in [0.5, 0.6) is 5.75 Å². The van der Waals surface area contributed by atoms with E-state index < -0.39 is 11.9 Å². The maximum Gasteiger partial charge on any atom is 0.336 e. The number of amides is 1. The first-order valence-electron chi connectivity index (χ1n) is 10.4. The van der Waals surface area contributed by atoms with Crippen LogP contribution >= 0.6 is 0 Å². The summed E-state index contributed by atoms with van der Waals surface area (Å²) in [7, 11) is 0. The molecule has 1 aromatic heterocycles. The van der Waals surface area contributed by atoms with E-state index in [1.54, 1.807) is 12.1 Å². The lowest BCUT2D eigenvalue weighted by molar-refractivity contribution is -0.135. The molecule has 0 radical (unpaired) electrons. The Morgan fingerprint density at radius 1 is 1.00 bits per heavy atom. The molecule has 1 amide bonds. The molecular weight excluding hydrogens is 420 g/mol. The molecule has 0 saturated heterocycles. The second-order valence-electron chi connectivity index (χ2n) is 7.53. The summed E-state index contributed by atoms with van der Waals surface area (Å²) in [6.45, 7) is 1.45. The van der Waals surface area contributed by atoms with Crippen molar-refractivity contribution in [3.63, 3.8) is 0 Å². The monoisotopic (exact) mass is 440 g/mol. The third-order valence-corrected chi connectivity index (χ3v) is 5.26. The Hall–Kier alpha value is -4.39. The molecule has 7 nitrogen and oxygen atoms in total. The van der Waals surface area contributed by atoms with Gasteiger partial charge in [0, 0.05) is 30.0 Å². The first kappa shape index (κ1) is 20.5. The Kier molecular flexibility index (Phi) is 5.36. The average molecular weight is 440 g/mol. The van der Waals surface area contributed by atoms with Crippen LogP contribution in [0.2, 0.25) is 0 Å². The van der Waals surface area contributed by atoms with Gasteiger partial charge in [-0.25, -0.2) is 4.79 Å². The van der Waals surface area contributed by atoms with Crippen molar-refractivity contribution in [2.24, 2.45) is 5.10 Å². The molecule has 0 bridgehead atoms. The van der Waals surface area contributed by atoms with Crippen molar-refractivity contribution < 1.29 is 18.7 Å². The quantitative estimate of drug-likeness (QED) is 0.419. The summed E-state index contributed by atoms with van der Waals surface area (Å²) in [5.74, 6) is 0.526. The van der Waals surface area contributed by atoms with Crippen molar-refractivity contribution in [1.29, 1.82) is 0 Å². The minimum absolute atomic E-state index is 0.0151. The van der Waals surface area contributed by atoms with Crippen molar-refractivity contribution >= 4 is 22.8 Å². The highest BCUT2D eigenvalue weighted by molar-refractivity contribution is 5.93. The average Bonchev–Trinajstić information content (AvgIpc) is 3.28. The van der Waals surface area contributed by atoms with Gasteiger partial charge in [-0.1, -0.05) is 60.7 Å². The molecular formula is C26H20N2O5. The molecule has 33 heavy (non-hydrogen) atoms. The number of nitrogens with zero attached hydrogens (tertiary/aromatic N) is 2. The summed E-state index contributed by atoms with van der Waals surface area (Å²) in [6.07, 6.45) is -0.634. The Labute approximate surface area is 189 Å². The zero-order valence-electron chi connectivity index (χ0n) is 17.8. The van der Waals surface area contributed by atoms with Crippen molar-refractivity contribution in [2.75, 3.05) is 6.61 Å². The minimum Gasteiger partial charge on any atom is -0.484 e. The van der Waals surface area contributed by atoms with Gasteiger partial charge in [-0.3, -0.25) is 4.79 Å². The van der Waals surface area contributed by atoms with Crippen molar-refractivity contribution in [3.8, 4) is 16.9 Å². The third kappa shape index (κ3) is 4.21. The summed E-state index contributed by atoms with van der Waals surface area (Å²) < 4.78 is 17.1. The topological polar surface area (TPSA) is 81.3 Å². The van der Waals surface area contributed by atoms with Gasteiger partial charge in [-0.2, -0.15) is 5.01 Å². The molecule has 1 unspecified atom stereocenters. The summed E-state index contributed by atoms with van der Waals surface area (Å²) in [5, 5.41) is 6.36. The summed E-state index contributed by atoms with van der Waals surface area (Å²) in [6, 6.07) is 25.8. The van der Waals surface area contributed by atoms with Gasteiger partial charge < -0.3 is 13.9 Å². The number of fused-ring (bicyclic) bond motifs is 1. The van der Waals surface area contributed by atoms with E-state index in [1.165, 1.54) is 18.0 Å². The summed E-state index contributed by atoms with van der Waals surface area (Å²) in [5.41, 5.74) is 2.51. The van der Waals surface area contributed by atoms with Gasteiger partial charge in [0.15, 0.2) is 6.61 Å². The molecule has 164 valence electrons. The van der Waals surface area contributed by atoms with Crippen LogP contribution in [-0.4, -0.2) is 23.4 Å². The molecule has 1 aliphatic heterocycles. The van der Waals surface area contributed by atoms with E-state index in [0.29, 0.717) is 11.3 Å². The van der Waals surface area contributed by atoms with E-state index in [-0.39, 0.29) is 18.4 Å². The molecule has 0 spiro atoms. The van der Waals surface area contributed by atoms with Crippen LogP contribution in [0.3, 0.4) is 0 Å². The van der Waals surface area contributed by atoms with Gasteiger partial charge >= 0.3 is 5.63 Å². The second kappa shape index (κ2) is 8.63. The lowest BCUT2D eigenvalue weighted by Gasteiger charge is -2.19. The lowest BCUT2D eigenvalue weighted by atomic mass is 10.0. The van der Waals surface area contributed by atoms with Gasteiger partial charge in [0.05, 0.1) is 0 Å². The number of hydrogen-bond acceptors (Lipinski definition) is 6. The fourth-order valence-electron chi connectivity index (χ4n) is 3.73. The van der Waals surface area contributed by atoms with Gasteiger partial charge in [-0.05, 0) is 23.3 Å². The third-order valence-electron chi connectivity index (χ3n) is 5.26. The Morgan fingerprint density at radius 3 is 2.45 bits per heavy atom. The van der Waals surface area contributed by atoms with Crippen LogP contribution in [0.1, 0.15) is 18.7 Å². The van der Waals surface area contributed by atoms with Crippen molar-refractivity contribution in [3.05, 3.63) is 101 Å². The molecule has 1 aliphatic rings. The summed E-state index contributed by atoms with van der Waals surface area (Å²) in [4.78, 5) is 24.2. The molecule has 0 N–H and O–H groups in total. The van der Waals surface area contributed by atoms with Crippen molar-refractivity contribution in [1.82, 2.24) is 5.01 Å². The highest BCUT2D eigenvalue weighted by atomic mass is 16.6. The molecule has 3 aromatic carbocycles. The van der Waals surface area contributed by atoms with E-state index in [0.717, 1.165) is 22.1 Å². The van der Waals surface area contributed by atoms with E-state index >= 15 is 0 Å². The molecule has 5 rings (SSSR count). The largest absolute Gasteiger partial charge is 0.484 e. The highest BCUT2D eigenvalue weighted by Crippen LogP contribution is 2.31. The Balaban J connectivity index is 1.37.